The Balaban J connectivity index is 1.97. The summed E-state index contributed by atoms with van der Waals surface area (Å²) in [5.74, 6) is 1.18. The van der Waals surface area contributed by atoms with Gasteiger partial charge in [-0.05, 0) is 52.7 Å². The molecule has 0 radical (unpaired) electrons. The molecule has 1 saturated heterocycles. The summed E-state index contributed by atoms with van der Waals surface area (Å²) < 4.78 is 38.1. The van der Waals surface area contributed by atoms with Gasteiger partial charge >= 0.3 is 6.18 Å². The number of hydrogen-bond acceptors (Lipinski definition) is 2. The third-order valence-electron chi connectivity index (χ3n) is 3.09. The van der Waals surface area contributed by atoms with Crippen LogP contribution in [0.5, 0.6) is 0 Å². The Morgan fingerprint density at radius 2 is 2.11 bits per heavy atom. The van der Waals surface area contributed by atoms with E-state index >= 15 is 0 Å². The first-order valence-electron chi connectivity index (χ1n) is 6.19. The third-order valence-corrected chi connectivity index (χ3v) is 5.14. The van der Waals surface area contributed by atoms with Gasteiger partial charge in [-0.2, -0.15) is 24.9 Å². The summed E-state index contributed by atoms with van der Waals surface area (Å²) >= 11 is 5.13. The molecule has 0 amide bonds. The van der Waals surface area contributed by atoms with Crippen LogP contribution in [0, 0.1) is 0 Å². The van der Waals surface area contributed by atoms with E-state index in [0.29, 0.717) is 9.72 Å². The highest BCUT2D eigenvalue weighted by molar-refractivity contribution is 9.10. The van der Waals surface area contributed by atoms with Gasteiger partial charge in [0.15, 0.2) is 0 Å². The molecule has 1 aliphatic heterocycles. The largest absolute Gasteiger partial charge is 0.416 e. The minimum atomic E-state index is -4.29. The van der Waals surface area contributed by atoms with E-state index < -0.39 is 11.7 Å². The van der Waals surface area contributed by atoms with Gasteiger partial charge < -0.3 is 5.32 Å². The number of rotatable bonds is 3. The van der Waals surface area contributed by atoms with Crippen molar-refractivity contribution in [3.05, 3.63) is 28.2 Å². The fourth-order valence-electron chi connectivity index (χ4n) is 2.03. The maximum atomic E-state index is 12.5. The Morgan fingerprint density at radius 3 is 2.68 bits per heavy atom. The van der Waals surface area contributed by atoms with Gasteiger partial charge in [0.25, 0.3) is 0 Å². The second kappa shape index (κ2) is 6.39. The molecular formula is C13H15BrF3NS. The zero-order valence-corrected chi connectivity index (χ0v) is 12.7. The Morgan fingerprint density at radius 1 is 1.32 bits per heavy atom. The topological polar surface area (TPSA) is 12.0 Å². The van der Waals surface area contributed by atoms with Gasteiger partial charge in [0, 0.05) is 22.0 Å². The SMILES string of the molecule is FC(F)(F)c1ccc(NCC2CCCCS2)c(Br)c1. The van der Waals surface area contributed by atoms with Crippen LogP contribution in [-0.2, 0) is 6.18 Å². The van der Waals surface area contributed by atoms with E-state index in [-0.39, 0.29) is 0 Å². The highest BCUT2D eigenvalue weighted by Gasteiger charge is 2.30. The van der Waals surface area contributed by atoms with Crippen LogP contribution in [0.15, 0.2) is 22.7 Å². The molecule has 0 aliphatic carbocycles. The molecule has 0 aromatic heterocycles. The summed E-state index contributed by atoms with van der Waals surface area (Å²) in [5, 5.41) is 3.78. The number of thioether (sulfide) groups is 1. The van der Waals surface area contributed by atoms with Crippen molar-refractivity contribution in [1.82, 2.24) is 0 Å². The summed E-state index contributed by atoms with van der Waals surface area (Å²) in [6.07, 6.45) is -0.602. The van der Waals surface area contributed by atoms with Crippen LogP contribution in [-0.4, -0.2) is 17.5 Å². The number of halogens is 4. The molecule has 6 heteroatoms. The fraction of sp³-hybridized carbons (Fsp3) is 0.538. The molecule has 1 aromatic rings. The van der Waals surface area contributed by atoms with Crippen LogP contribution >= 0.6 is 27.7 Å². The third kappa shape index (κ3) is 4.31. The van der Waals surface area contributed by atoms with Crippen molar-refractivity contribution in [2.75, 3.05) is 17.6 Å². The number of benzene rings is 1. The molecule has 1 aliphatic rings. The van der Waals surface area contributed by atoms with Crippen LogP contribution in [0.4, 0.5) is 18.9 Å². The van der Waals surface area contributed by atoms with Crippen molar-refractivity contribution < 1.29 is 13.2 Å². The van der Waals surface area contributed by atoms with E-state index in [1.165, 1.54) is 31.1 Å². The molecule has 1 fully saturated rings. The predicted octanol–water partition coefficient (Wildman–Crippen LogP) is 5.17. The average Bonchev–Trinajstić information content (AvgIpc) is 2.37. The standard InChI is InChI=1S/C13H15BrF3NS/c14-11-7-9(13(15,16)17)4-5-12(11)18-8-10-3-1-2-6-19-10/h4-5,7,10,18H,1-3,6,8H2. The van der Waals surface area contributed by atoms with Crippen molar-refractivity contribution in [3.63, 3.8) is 0 Å². The molecule has 1 heterocycles. The first-order chi connectivity index (χ1) is 8.97. The maximum Gasteiger partial charge on any atom is 0.416 e. The van der Waals surface area contributed by atoms with E-state index in [1.807, 2.05) is 11.8 Å². The summed E-state index contributed by atoms with van der Waals surface area (Å²) in [5.41, 5.74) is 0.0936. The molecule has 1 unspecified atom stereocenters. The number of nitrogens with one attached hydrogen (secondary N) is 1. The summed E-state index contributed by atoms with van der Waals surface area (Å²) in [6, 6.07) is 3.72. The molecule has 2 rings (SSSR count). The lowest BCUT2D eigenvalue weighted by molar-refractivity contribution is -0.137. The summed E-state index contributed by atoms with van der Waals surface area (Å²) in [4.78, 5) is 0. The van der Waals surface area contributed by atoms with Gasteiger partial charge in [0.1, 0.15) is 0 Å². The lowest BCUT2D eigenvalue weighted by atomic mass is 10.1. The average molecular weight is 354 g/mol. The highest BCUT2D eigenvalue weighted by Crippen LogP contribution is 2.34. The van der Waals surface area contributed by atoms with E-state index in [2.05, 4.69) is 21.2 Å². The van der Waals surface area contributed by atoms with E-state index in [0.717, 1.165) is 24.4 Å². The number of anilines is 1. The number of hydrogen-bond donors (Lipinski definition) is 1. The Labute approximate surface area is 123 Å². The zero-order valence-electron chi connectivity index (χ0n) is 10.3. The molecule has 1 aromatic carbocycles. The first-order valence-corrected chi connectivity index (χ1v) is 8.03. The lowest BCUT2D eigenvalue weighted by Gasteiger charge is -2.22. The van der Waals surface area contributed by atoms with Gasteiger partial charge in [0.05, 0.1) is 5.56 Å². The smallest absolute Gasteiger partial charge is 0.383 e. The molecule has 1 nitrogen and oxygen atoms in total. The molecule has 19 heavy (non-hydrogen) atoms. The van der Waals surface area contributed by atoms with Crippen molar-refractivity contribution in [2.45, 2.75) is 30.7 Å². The van der Waals surface area contributed by atoms with E-state index in [4.69, 9.17) is 0 Å². The van der Waals surface area contributed by atoms with Crippen LogP contribution < -0.4 is 5.32 Å². The van der Waals surface area contributed by atoms with E-state index in [1.54, 1.807) is 0 Å². The fourth-order valence-corrected chi connectivity index (χ4v) is 3.78. The summed E-state index contributed by atoms with van der Waals surface area (Å²) in [6.45, 7) is 0.800. The Hall–Kier alpha value is -0.360. The molecular weight excluding hydrogens is 339 g/mol. The molecule has 0 spiro atoms. The van der Waals surface area contributed by atoms with Gasteiger partial charge in [-0.3, -0.25) is 0 Å². The molecule has 0 bridgehead atoms. The first kappa shape index (κ1) is 15.0. The monoisotopic (exact) mass is 353 g/mol. The van der Waals surface area contributed by atoms with Crippen molar-refractivity contribution >= 4 is 33.4 Å². The molecule has 1 atom stereocenters. The molecule has 0 saturated carbocycles. The predicted molar refractivity (Wildman–Crippen MR) is 77.7 cm³/mol. The van der Waals surface area contributed by atoms with Crippen LogP contribution in [0.1, 0.15) is 24.8 Å². The highest BCUT2D eigenvalue weighted by atomic mass is 79.9. The van der Waals surface area contributed by atoms with Gasteiger partial charge in [-0.25, -0.2) is 0 Å². The van der Waals surface area contributed by atoms with Gasteiger partial charge in [-0.15, -0.1) is 0 Å². The zero-order chi connectivity index (χ0) is 13.9. The number of alkyl halides is 3. The van der Waals surface area contributed by atoms with Crippen LogP contribution in [0.2, 0.25) is 0 Å². The molecule has 1 N–H and O–H groups in total. The van der Waals surface area contributed by atoms with Crippen molar-refractivity contribution in [1.29, 1.82) is 0 Å². The molecule has 106 valence electrons. The van der Waals surface area contributed by atoms with Gasteiger partial charge in [0.2, 0.25) is 0 Å². The maximum absolute atomic E-state index is 12.5. The quantitative estimate of drug-likeness (QED) is 0.804. The second-order valence-electron chi connectivity index (χ2n) is 4.56. The van der Waals surface area contributed by atoms with Crippen molar-refractivity contribution in [2.24, 2.45) is 0 Å². The van der Waals surface area contributed by atoms with E-state index in [9.17, 15) is 13.2 Å². The Kier molecular flexibility index (Phi) is 5.06. The second-order valence-corrected chi connectivity index (χ2v) is 6.82. The minimum absolute atomic E-state index is 0.461. The normalized spacial score (nSPS) is 20.3. The Bertz CT molecular complexity index is 430. The lowest BCUT2D eigenvalue weighted by Crippen LogP contribution is -2.20. The van der Waals surface area contributed by atoms with Crippen LogP contribution in [0.3, 0.4) is 0 Å². The van der Waals surface area contributed by atoms with Gasteiger partial charge in [-0.1, -0.05) is 6.42 Å². The van der Waals surface area contributed by atoms with Crippen LogP contribution in [0.25, 0.3) is 0 Å². The van der Waals surface area contributed by atoms with Crippen molar-refractivity contribution in [3.8, 4) is 0 Å². The summed E-state index contributed by atoms with van der Waals surface area (Å²) in [7, 11) is 0. The minimum Gasteiger partial charge on any atom is -0.383 e.